The monoisotopic (exact) mass is 532 g/mol. The Labute approximate surface area is 223 Å². The highest BCUT2D eigenvalue weighted by atomic mass is 32.2. The highest BCUT2D eigenvalue weighted by Gasteiger charge is 2.36. The second-order valence-electron chi connectivity index (χ2n) is 9.56. The number of benzene rings is 3. The molecule has 5 rings (SSSR count). The summed E-state index contributed by atoms with van der Waals surface area (Å²) in [5.41, 5.74) is 5.15. The molecule has 38 heavy (non-hydrogen) atoms. The van der Waals surface area contributed by atoms with E-state index in [-0.39, 0.29) is 11.7 Å². The van der Waals surface area contributed by atoms with Crippen LogP contribution in [0.2, 0.25) is 0 Å². The van der Waals surface area contributed by atoms with E-state index < -0.39 is 15.9 Å². The Hall–Kier alpha value is -3.53. The molecule has 2 aliphatic rings. The van der Waals surface area contributed by atoms with Gasteiger partial charge in [0.2, 0.25) is 15.9 Å². The zero-order valence-corrected chi connectivity index (χ0v) is 22.2. The molecule has 0 saturated carbocycles. The third-order valence-corrected chi connectivity index (χ3v) is 8.16. The summed E-state index contributed by atoms with van der Waals surface area (Å²) < 4.78 is 32.8. The lowest BCUT2D eigenvalue weighted by atomic mass is 9.90. The van der Waals surface area contributed by atoms with Crippen LogP contribution < -0.4 is 10.0 Å². The van der Waals surface area contributed by atoms with Crippen molar-refractivity contribution >= 4 is 38.7 Å². The molecule has 8 nitrogen and oxygen atoms in total. The Morgan fingerprint density at radius 3 is 2.50 bits per heavy atom. The number of anilines is 2. The Morgan fingerprint density at radius 2 is 1.79 bits per heavy atom. The van der Waals surface area contributed by atoms with Crippen LogP contribution in [-0.4, -0.2) is 57.0 Å². The summed E-state index contributed by atoms with van der Waals surface area (Å²) in [6.45, 7) is 6.03. The smallest absolute Gasteiger partial charge is 0.238 e. The van der Waals surface area contributed by atoms with E-state index in [0.29, 0.717) is 29.1 Å². The number of aliphatic imine (C=N–C) groups is 1. The predicted molar refractivity (Wildman–Crippen MR) is 151 cm³/mol. The van der Waals surface area contributed by atoms with Crippen molar-refractivity contribution in [3.05, 3.63) is 89.5 Å². The molecule has 2 N–H and O–H groups in total. The summed E-state index contributed by atoms with van der Waals surface area (Å²) in [6, 6.07) is 22.8. The largest absolute Gasteiger partial charge is 0.379 e. The summed E-state index contributed by atoms with van der Waals surface area (Å²) in [7, 11) is -3.46. The zero-order chi connectivity index (χ0) is 26.5. The van der Waals surface area contributed by atoms with Crippen LogP contribution in [0.15, 0.2) is 77.8 Å². The molecule has 0 aliphatic carbocycles. The van der Waals surface area contributed by atoms with Gasteiger partial charge in [-0.2, -0.15) is 0 Å². The molecule has 2 heterocycles. The van der Waals surface area contributed by atoms with Gasteiger partial charge in [-0.05, 0) is 53.4 Å². The van der Waals surface area contributed by atoms with Crippen LogP contribution in [0.5, 0.6) is 0 Å². The minimum Gasteiger partial charge on any atom is -0.379 e. The van der Waals surface area contributed by atoms with Crippen molar-refractivity contribution in [2.45, 2.75) is 25.8 Å². The van der Waals surface area contributed by atoms with E-state index in [4.69, 9.17) is 9.73 Å². The van der Waals surface area contributed by atoms with E-state index in [1.54, 1.807) is 18.2 Å². The molecule has 3 aromatic carbocycles. The molecule has 0 bridgehead atoms. The molecule has 2 aliphatic heterocycles. The van der Waals surface area contributed by atoms with Crippen molar-refractivity contribution in [3.63, 3.8) is 0 Å². The first kappa shape index (κ1) is 26.1. The molecule has 0 radical (unpaired) electrons. The van der Waals surface area contributed by atoms with Gasteiger partial charge in [0.05, 0.1) is 30.4 Å². The van der Waals surface area contributed by atoms with Crippen LogP contribution >= 0.6 is 0 Å². The highest BCUT2D eigenvalue weighted by molar-refractivity contribution is 7.92. The number of fused-ring (bicyclic) bond motifs is 1. The average Bonchev–Trinajstić information content (AvgIpc) is 3.24. The molecule has 1 atom stereocenters. The fraction of sp³-hybridized carbons (Fsp3) is 0.310. The van der Waals surface area contributed by atoms with Crippen molar-refractivity contribution in [1.29, 1.82) is 0 Å². The van der Waals surface area contributed by atoms with Gasteiger partial charge in [0.15, 0.2) is 0 Å². The number of carbonyl (C=O) groups is 1. The number of carbonyl (C=O) groups excluding carboxylic acids is 1. The number of ether oxygens (including phenoxy) is 1. The molecule has 1 saturated heterocycles. The maximum absolute atomic E-state index is 13.3. The van der Waals surface area contributed by atoms with Crippen molar-refractivity contribution in [3.8, 4) is 0 Å². The molecule has 1 amide bonds. The van der Waals surface area contributed by atoms with Crippen LogP contribution in [0, 0.1) is 0 Å². The van der Waals surface area contributed by atoms with Crippen molar-refractivity contribution in [2.75, 3.05) is 42.1 Å². The topological polar surface area (TPSA) is 100 Å². The summed E-state index contributed by atoms with van der Waals surface area (Å²) in [6.07, 6.45) is 0.513. The Morgan fingerprint density at radius 1 is 1.05 bits per heavy atom. The summed E-state index contributed by atoms with van der Waals surface area (Å²) in [5, 5.41) is 2.94. The van der Waals surface area contributed by atoms with Gasteiger partial charge in [-0.1, -0.05) is 49.4 Å². The number of nitrogens with zero attached hydrogens (tertiary/aromatic N) is 2. The average molecular weight is 533 g/mol. The molecule has 198 valence electrons. The van der Waals surface area contributed by atoms with Crippen molar-refractivity contribution < 1.29 is 17.9 Å². The first-order chi connectivity index (χ1) is 18.4. The van der Waals surface area contributed by atoms with E-state index in [0.717, 1.165) is 44.1 Å². The third-order valence-electron chi connectivity index (χ3n) is 6.67. The van der Waals surface area contributed by atoms with Gasteiger partial charge < -0.3 is 10.1 Å². The van der Waals surface area contributed by atoms with E-state index >= 15 is 0 Å². The Balaban J connectivity index is 1.48. The van der Waals surface area contributed by atoms with Gasteiger partial charge >= 0.3 is 0 Å². The van der Waals surface area contributed by atoms with Gasteiger partial charge in [-0.25, -0.2) is 8.42 Å². The lowest BCUT2D eigenvalue weighted by Gasteiger charge is -2.26. The number of amides is 1. The van der Waals surface area contributed by atoms with E-state index in [1.807, 2.05) is 49.4 Å². The maximum atomic E-state index is 13.3. The fourth-order valence-corrected chi connectivity index (χ4v) is 5.96. The maximum Gasteiger partial charge on any atom is 0.238 e. The van der Waals surface area contributed by atoms with Gasteiger partial charge in [-0.3, -0.25) is 19.4 Å². The number of hydrogen-bond donors (Lipinski definition) is 2. The zero-order valence-electron chi connectivity index (χ0n) is 21.4. The van der Waals surface area contributed by atoms with E-state index in [1.165, 1.54) is 5.56 Å². The first-order valence-corrected chi connectivity index (χ1v) is 14.6. The van der Waals surface area contributed by atoms with Crippen molar-refractivity contribution in [2.24, 2.45) is 4.99 Å². The number of nitrogens with one attached hydrogen (secondary N) is 2. The van der Waals surface area contributed by atoms with Crippen molar-refractivity contribution in [1.82, 2.24) is 4.90 Å². The number of sulfonamides is 1. The molecule has 1 unspecified atom stereocenters. The molecule has 3 aromatic rings. The molecule has 1 fully saturated rings. The molecular weight excluding hydrogens is 500 g/mol. The van der Waals surface area contributed by atoms with Gasteiger partial charge in [0, 0.05) is 31.0 Å². The van der Waals surface area contributed by atoms with Crippen LogP contribution in [0.3, 0.4) is 0 Å². The predicted octanol–water partition coefficient (Wildman–Crippen LogP) is 4.53. The lowest BCUT2D eigenvalue weighted by molar-refractivity contribution is -0.115. The number of rotatable bonds is 9. The minimum absolute atomic E-state index is 0.0307. The van der Waals surface area contributed by atoms with Crippen LogP contribution in [0.25, 0.3) is 0 Å². The summed E-state index contributed by atoms with van der Waals surface area (Å²) in [4.78, 5) is 20.6. The van der Waals surface area contributed by atoms with Crippen LogP contribution in [0.1, 0.15) is 36.0 Å². The molecular formula is C29H32N4O4S. The van der Waals surface area contributed by atoms with Crippen LogP contribution in [0.4, 0.5) is 17.1 Å². The lowest BCUT2D eigenvalue weighted by Crippen LogP contribution is -2.35. The summed E-state index contributed by atoms with van der Waals surface area (Å²) >= 11 is 0. The van der Waals surface area contributed by atoms with Gasteiger partial charge in [-0.15, -0.1) is 0 Å². The normalized spacial score (nSPS) is 18.2. The SMILES string of the molecule is CCCS(=O)(=O)Nc1ccc2c(c1)C(C(=Nc1ccc(CN3CCOCC3)cc1)c1ccccc1)C(=O)N2. The number of hydrogen-bond acceptors (Lipinski definition) is 6. The standard InChI is InChI=1S/C29H32N4O4S/c1-2-18-38(35,36)32-24-12-13-26-25(19-24)27(29(34)31-26)28(22-6-4-3-5-7-22)30-23-10-8-21(9-11-23)20-33-14-16-37-17-15-33/h3-13,19,27,32H,2,14-18,20H2,1H3,(H,31,34). The summed E-state index contributed by atoms with van der Waals surface area (Å²) in [5.74, 6) is -0.848. The third kappa shape index (κ3) is 6.12. The Bertz CT molecular complexity index is 1420. The van der Waals surface area contributed by atoms with Gasteiger partial charge in [0.1, 0.15) is 5.92 Å². The molecule has 0 spiro atoms. The number of morpholine rings is 1. The molecule has 9 heteroatoms. The van der Waals surface area contributed by atoms with Gasteiger partial charge in [0.25, 0.3) is 0 Å². The van der Waals surface area contributed by atoms with E-state index in [9.17, 15) is 13.2 Å². The second kappa shape index (κ2) is 11.5. The first-order valence-electron chi connectivity index (χ1n) is 12.9. The highest BCUT2D eigenvalue weighted by Crippen LogP contribution is 2.38. The van der Waals surface area contributed by atoms with E-state index in [2.05, 4.69) is 27.1 Å². The molecule has 0 aromatic heterocycles. The quantitative estimate of drug-likeness (QED) is 0.395. The minimum atomic E-state index is -3.46. The van der Waals surface area contributed by atoms with Crippen LogP contribution in [-0.2, 0) is 26.1 Å². The fourth-order valence-electron chi connectivity index (χ4n) is 4.83. The second-order valence-corrected chi connectivity index (χ2v) is 11.4. The Kier molecular flexibility index (Phi) is 7.87.